The zero-order valence-corrected chi connectivity index (χ0v) is 17.5. The van der Waals surface area contributed by atoms with Crippen molar-refractivity contribution in [2.45, 2.75) is 62.6 Å². The highest BCUT2D eigenvalue weighted by atomic mass is 19.4. The van der Waals surface area contributed by atoms with Gasteiger partial charge in [0.05, 0.1) is 5.56 Å². The number of nitrogen functional groups attached to an aromatic ring is 1. The number of benzene rings is 1. The highest BCUT2D eigenvalue weighted by Crippen LogP contribution is 2.38. The van der Waals surface area contributed by atoms with Crippen LogP contribution < -0.4 is 11.1 Å². The first-order chi connectivity index (χ1) is 15.1. The fourth-order valence-corrected chi connectivity index (χ4v) is 4.65. The number of rotatable bonds is 4. The van der Waals surface area contributed by atoms with Crippen molar-refractivity contribution in [2.24, 2.45) is 0 Å². The molecule has 0 unspecified atom stereocenters. The lowest BCUT2D eigenvalue weighted by Gasteiger charge is -2.40. The quantitative estimate of drug-likeness (QED) is 0.590. The summed E-state index contributed by atoms with van der Waals surface area (Å²) in [5.41, 5.74) is 6.42. The van der Waals surface area contributed by atoms with Gasteiger partial charge >= 0.3 is 6.18 Å². The van der Waals surface area contributed by atoms with Gasteiger partial charge < -0.3 is 16.0 Å². The zero-order valence-electron chi connectivity index (χ0n) is 17.5. The minimum absolute atomic E-state index is 0.0429. The van der Waals surface area contributed by atoms with Crippen LogP contribution in [-0.4, -0.2) is 39.9 Å². The Kier molecular flexibility index (Phi) is 6.24. The number of nitrogens with one attached hydrogen (secondary N) is 1. The summed E-state index contributed by atoms with van der Waals surface area (Å²) >= 11 is 0. The monoisotopic (exact) mass is 455 g/mol. The molecule has 0 bridgehead atoms. The van der Waals surface area contributed by atoms with Crippen LogP contribution in [0.15, 0.2) is 30.5 Å². The Balaban J connectivity index is 1.36. The average Bonchev–Trinajstić information content (AvgIpc) is 2.74. The molecule has 5 nitrogen and oxygen atoms in total. The number of halogens is 5. The summed E-state index contributed by atoms with van der Waals surface area (Å²) in [5.74, 6) is -1.93. The fraction of sp³-hybridized carbons (Fsp3) is 0.545. The topological polar surface area (TPSA) is 67.1 Å². The van der Waals surface area contributed by atoms with Crippen molar-refractivity contribution in [1.82, 2.24) is 14.9 Å². The van der Waals surface area contributed by atoms with E-state index in [1.165, 1.54) is 12.1 Å². The van der Waals surface area contributed by atoms with E-state index in [2.05, 4.69) is 20.2 Å². The van der Waals surface area contributed by atoms with E-state index < -0.39 is 17.7 Å². The van der Waals surface area contributed by atoms with Crippen LogP contribution in [0.5, 0.6) is 0 Å². The second-order valence-corrected chi connectivity index (χ2v) is 8.64. The molecule has 174 valence electrons. The number of alkyl halides is 5. The van der Waals surface area contributed by atoms with Crippen molar-refractivity contribution in [2.75, 3.05) is 24.1 Å². The maximum absolute atomic E-state index is 13.4. The van der Waals surface area contributed by atoms with Gasteiger partial charge in [-0.05, 0) is 62.9 Å². The lowest BCUT2D eigenvalue weighted by molar-refractivity contribution is -0.137. The van der Waals surface area contributed by atoms with E-state index in [4.69, 9.17) is 5.73 Å². The van der Waals surface area contributed by atoms with Crippen LogP contribution >= 0.6 is 0 Å². The molecule has 2 fully saturated rings. The molecule has 10 heteroatoms. The van der Waals surface area contributed by atoms with Gasteiger partial charge in [0.2, 0.25) is 11.9 Å². The third kappa shape index (κ3) is 5.28. The van der Waals surface area contributed by atoms with Gasteiger partial charge in [0.1, 0.15) is 5.82 Å². The van der Waals surface area contributed by atoms with E-state index in [0.717, 1.165) is 43.6 Å². The molecule has 0 radical (unpaired) electrons. The highest BCUT2D eigenvalue weighted by molar-refractivity contribution is 5.57. The van der Waals surface area contributed by atoms with Crippen LogP contribution in [0.2, 0.25) is 0 Å². The van der Waals surface area contributed by atoms with Crippen LogP contribution in [0.4, 0.5) is 39.4 Å². The number of nitrogens with two attached hydrogens (primary N) is 1. The van der Waals surface area contributed by atoms with Gasteiger partial charge in [-0.2, -0.15) is 18.2 Å². The summed E-state index contributed by atoms with van der Waals surface area (Å²) < 4.78 is 65.5. The molecular weight excluding hydrogens is 429 g/mol. The van der Waals surface area contributed by atoms with E-state index in [1.54, 1.807) is 6.20 Å². The third-order valence-corrected chi connectivity index (χ3v) is 6.47. The van der Waals surface area contributed by atoms with E-state index in [-0.39, 0.29) is 36.4 Å². The molecule has 1 aromatic heterocycles. The Labute approximate surface area is 183 Å². The molecule has 1 aliphatic heterocycles. The Morgan fingerprint density at radius 2 is 1.75 bits per heavy atom. The van der Waals surface area contributed by atoms with Crippen molar-refractivity contribution < 1.29 is 22.0 Å². The smallest absolute Gasteiger partial charge is 0.383 e. The van der Waals surface area contributed by atoms with Crippen LogP contribution in [-0.2, 0) is 6.18 Å². The molecule has 3 N–H and O–H groups in total. The maximum Gasteiger partial charge on any atom is 0.416 e. The fourth-order valence-electron chi connectivity index (χ4n) is 4.65. The van der Waals surface area contributed by atoms with Crippen molar-refractivity contribution in [3.8, 4) is 0 Å². The Bertz CT molecular complexity index is 931. The number of hydrogen-bond acceptors (Lipinski definition) is 5. The summed E-state index contributed by atoms with van der Waals surface area (Å²) in [6, 6.07) is 5.01. The molecule has 0 amide bonds. The number of hydrogen-bond donors (Lipinski definition) is 2. The largest absolute Gasteiger partial charge is 0.416 e. The molecule has 32 heavy (non-hydrogen) atoms. The molecule has 1 saturated carbocycles. The molecule has 0 atom stereocenters. The second-order valence-electron chi connectivity index (χ2n) is 8.64. The molecule has 2 aliphatic rings. The van der Waals surface area contributed by atoms with Gasteiger partial charge in [-0.3, -0.25) is 0 Å². The summed E-state index contributed by atoms with van der Waals surface area (Å²) in [6.07, 6.45) is -0.175. The predicted molar refractivity (Wildman–Crippen MR) is 112 cm³/mol. The van der Waals surface area contributed by atoms with Gasteiger partial charge in [-0.25, -0.2) is 13.8 Å². The number of aromatic nitrogens is 2. The van der Waals surface area contributed by atoms with Gasteiger partial charge in [0.25, 0.3) is 0 Å². The van der Waals surface area contributed by atoms with Crippen LogP contribution in [0, 0.1) is 0 Å². The van der Waals surface area contributed by atoms with E-state index >= 15 is 0 Å². The number of nitrogens with zero attached hydrogens (tertiary/aromatic N) is 3. The molecule has 2 heterocycles. The van der Waals surface area contributed by atoms with Crippen LogP contribution in [0.25, 0.3) is 0 Å². The SMILES string of the molecule is Nc1nc(Nc2cccc(C(F)(F)F)c2)ncc1C1CCN(C2CCC(F)(F)CC2)CC1. The van der Waals surface area contributed by atoms with Crippen molar-refractivity contribution in [3.63, 3.8) is 0 Å². The van der Waals surface area contributed by atoms with Gasteiger partial charge in [0.15, 0.2) is 0 Å². The number of piperidine rings is 1. The van der Waals surface area contributed by atoms with Gasteiger partial charge in [0, 0.05) is 36.3 Å². The number of likely N-dealkylation sites (tertiary alicyclic amines) is 1. The van der Waals surface area contributed by atoms with Crippen LogP contribution in [0.3, 0.4) is 0 Å². The normalized spacial score (nSPS) is 20.9. The van der Waals surface area contributed by atoms with Gasteiger partial charge in [-0.1, -0.05) is 6.07 Å². The van der Waals surface area contributed by atoms with E-state index in [9.17, 15) is 22.0 Å². The molecular formula is C22H26F5N5. The van der Waals surface area contributed by atoms with Crippen molar-refractivity contribution >= 4 is 17.5 Å². The lowest BCUT2D eigenvalue weighted by atomic mass is 9.86. The Morgan fingerprint density at radius 3 is 2.38 bits per heavy atom. The zero-order chi connectivity index (χ0) is 22.9. The minimum Gasteiger partial charge on any atom is -0.383 e. The third-order valence-electron chi connectivity index (χ3n) is 6.47. The van der Waals surface area contributed by atoms with Crippen LogP contribution in [0.1, 0.15) is 55.6 Å². The Morgan fingerprint density at radius 1 is 1.06 bits per heavy atom. The average molecular weight is 455 g/mol. The summed E-state index contributed by atoms with van der Waals surface area (Å²) in [4.78, 5) is 10.8. The second kappa shape index (κ2) is 8.80. The van der Waals surface area contributed by atoms with Crippen molar-refractivity contribution in [3.05, 3.63) is 41.6 Å². The van der Waals surface area contributed by atoms with Crippen molar-refractivity contribution in [1.29, 1.82) is 0 Å². The molecule has 4 rings (SSSR count). The molecule has 2 aromatic rings. The highest BCUT2D eigenvalue weighted by Gasteiger charge is 2.38. The number of anilines is 3. The predicted octanol–water partition coefficient (Wildman–Crippen LogP) is 5.58. The lowest BCUT2D eigenvalue weighted by Crippen LogP contribution is -2.44. The summed E-state index contributed by atoms with van der Waals surface area (Å²) in [5, 5.41) is 2.77. The first-order valence-corrected chi connectivity index (χ1v) is 10.8. The summed E-state index contributed by atoms with van der Waals surface area (Å²) in [6.45, 7) is 1.62. The molecule has 0 spiro atoms. The maximum atomic E-state index is 13.4. The summed E-state index contributed by atoms with van der Waals surface area (Å²) in [7, 11) is 0. The van der Waals surface area contributed by atoms with E-state index in [1.807, 2.05) is 0 Å². The Hall–Kier alpha value is -2.49. The molecule has 1 aromatic carbocycles. The molecule has 1 saturated heterocycles. The minimum atomic E-state index is -4.44. The first-order valence-electron chi connectivity index (χ1n) is 10.8. The van der Waals surface area contributed by atoms with Gasteiger partial charge in [-0.15, -0.1) is 0 Å². The standard InChI is InChI=1S/C22H26F5N5/c23-21(24)8-4-17(5-9-21)32-10-6-14(7-11-32)18-13-29-20(31-19(18)28)30-16-3-1-2-15(12-16)22(25,26)27/h1-3,12-14,17H,4-11H2,(H3,28,29,30,31). The first kappa shape index (κ1) is 22.7. The van der Waals surface area contributed by atoms with E-state index in [0.29, 0.717) is 18.7 Å². The molecule has 1 aliphatic carbocycles.